The van der Waals surface area contributed by atoms with E-state index in [0.29, 0.717) is 6.42 Å². The highest BCUT2D eigenvalue weighted by atomic mass is 16.5. The van der Waals surface area contributed by atoms with Gasteiger partial charge in [0.05, 0.1) is 6.10 Å². The molecule has 3 rings (SSSR count). The van der Waals surface area contributed by atoms with E-state index in [4.69, 9.17) is 4.74 Å². The van der Waals surface area contributed by atoms with Crippen molar-refractivity contribution in [1.82, 2.24) is 4.98 Å². The van der Waals surface area contributed by atoms with Crippen LogP contribution in [0.15, 0.2) is 24.4 Å². The molecular formula is C18H23NO2. The number of para-hydroxylation sites is 1. The van der Waals surface area contributed by atoms with Gasteiger partial charge < -0.3 is 9.72 Å². The van der Waals surface area contributed by atoms with E-state index in [1.54, 1.807) is 0 Å². The number of Topliss-reactive ketones (excluding diaryl/α,β-unsaturated/α-hetero) is 1. The first kappa shape index (κ1) is 14.3. The van der Waals surface area contributed by atoms with Crippen LogP contribution in [0.3, 0.4) is 0 Å². The number of fused-ring (bicyclic) bond motifs is 1. The zero-order valence-corrected chi connectivity index (χ0v) is 12.7. The maximum absolute atomic E-state index is 12.5. The fourth-order valence-corrected chi connectivity index (χ4v) is 3.20. The number of rotatable bonds is 5. The lowest BCUT2D eigenvalue weighted by Crippen LogP contribution is -2.19. The third-order valence-corrected chi connectivity index (χ3v) is 4.45. The number of ketones is 1. The molecule has 1 aromatic heterocycles. The van der Waals surface area contributed by atoms with Gasteiger partial charge in [-0.05, 0) is 37.7 Å². The Balaban J connectivity index is 1.72. The third-order valence-electron chi connectivity index (χ3n) is 4.45. The molecule has 2 aromatic rings. The topological polar surface area (TPSA) is 42.1 Å². The fourth-order valence-electron chi connectivity index (χ4n) is 3.20. The van der Waals surface area contributed by atoms with E-state index in [9.17, 15) is 4.79 Å². The summed E-state index contributed by atoms with van der Waals surface area (Å²) in [6.07, 6.45) is 8.03. The molecule has 1 fully saturated rings. The monoisotopic (exact) mass is 285 g/mol. The van der Waals surface area contributed by atoms with Crippen molar-refractivity contribution in [2.75, 3.05) is 6.61 Å². The summed E-state index contributed by atoms with van der Waals surface area (Å²) in [6, 6.07) is 6.19. The maximum Gasteiger partial charge on any atom is 0.165 e. The third kappa shape index (κ3) is 3.03. The van der Waals surface area contributed by atoms with Gasteiger partial charge in [0.1, 0.15) is 0 Å². The van der Waals surface area contributed by atoms with Crippen molar-refractivity contribution < 1.29 is 9.53 Å². The number of H-pyrrole nitrogens is 1. The zero-order valence-electron chi connectivity index (χ0n) is 12.7. The van der Waals surface area contributed by atoms with Gasteiger partial charge >= 0.3 is 0 Å². The van der Waals surface area contributed by atoms with Crippen molar-refractivity contribution >= 4 is 16.7 Å². The van der Waals surface area contributed by atoms with E-state index >= 15 is 0 Å². The number of hydrogen-bond donors (Lipinski definition) is 1. The Bertz CT molecular complexity index is 623. The summed E-state index contributed by atoms with van der Waals surface area (Å²) in [7, 11) is 0. The van der Waals surface area contributed by atoms with Gasteiger partial charge in [0.2, 0.25) is 0 Å². The molecule has 1 aliphatic rings. The Morgan fingerprint density at radius 1 is 1.38 bits per heavy atom. The van der Waals surface area contributed by atoms with Crippen molar-refractivity contribution in [2.45, 2.75) is 51.6 Å². The van der Waals surface area contributed by atoms with Crippen molar-refractivity contribution in [3.8, 4) is 0 Å². The molecule has 3 nitrogen and oxygen atoms in total. The average Bonchev–Trinajstić information content (AvgIpc) is 2.97. The first-order chi connectivity index (χ1) is 10.3. The molecule has 0 amide bonds. The number of aromatic amines is 1. The van der Waals surface area contributed by atoms with Crippen LogP contribution < -0.4 is 0 Å². The van der Waals surface area contributed by atoms with Gasteiger partial charge in [-0.1, -0.05) is 25.1 Å². The van der Waals surface area contributed by atoms with E-state index in [0.717, 1.165) is 48.8 Å². The molecule has 1 N–H and O–H groups in total. The van der Waals surface area contributed by atoms with Crippen LogP contribution in [0.4, 0.5) is 0 Å². The van der Waals surface area contributed by atoms with Gasteiger partial charge in [0.15, 0.2) is 5.78 Å². The normalized spacial score (nSPS) is 19.0. The van der Waals surface area contributed by atoms with Crippen molar-refractivity contribution in [2.24, 2.45) is 0 Å². The summed E-state index contributed by atoms with van der Waals surface area (Å²) in [4.78, 5) is 15.8. The Kier molecular flexibility index (Phi) is 4.39. The highest BCUT2D eigenvalue weighted by Gasteiger charge is 2.18. The summed E-state index contributed by atoms with van der Waals surface area (Å²) in [5.74, 6) is 0.226. The number of hydrogen-bond acceptors (Lipinski definition) is 2. The number of nitrogens with one attached hydrogen (secondary N) is 1. The highest BCUT2D eigenvalue weighted by molar-refractivity contribution is 6.08. The highest BCUT2D eigenvalue weighted by Crippen LogP contribution is 2.25. The molecule has 2 heterocycles. The van der Waals surface area contributed by atoms with Gasteiger partial charge in [-0.15, -0.1) is 0 Å². The molecule has 0 radical (unpaired) electrons. The lowest BCUT2D eigenvalue weighted by Gasteiger charge is -2.22. The Hall–Kier alpha value is -1.61. The van der Waals surface area contributed by atoms with Crippen LogP contribution in [0.1, 0.15) is 54.9 Å². The molecule has 1 saturated heterocycles. The largest absolute Gasteiger partial charge is 0.378 e. The summed E-state index contributed by atoms with van der Waals surface area (Å²) >= 11 is 0. The SMILES string of the molecule is CCc1cccc2c(C(=O)CCC3CCCCO3)c[nH]c12. The molecule has 3 heteroatoms. The van der Waals surface area contributed by atoms with Crippen molar-refractivity contribution in [3.05, 3.63) is 35.5 Å². The van der Waals surface area contributed by atoms with Gasteiger partial charge in [-0.2, -0.15) is 0 Å². The van der Waals surface area contributed by atoms with Crippen LogP contribution in [-0.2, 0) is 11.2 Å². The minimum absolute atomic E-state index is 0.226. The minimum atomic E-state index is 0.226. The smallest absolute Gasteiger partial charge is 0.165 e. The second-order valence-corrected chi connectivity index (χ2v) is 5.85. The quantitative estimate of drug-likeness (QED) is 0.834. The molecule has 0 bridgehead atoms. The number of carbonyl (C=O) groups excluding carboxylic acids is 1. The second kappa shape index (κ2) is 6.44. The molecule has 0 saturated carbocycles. The first-order valence-corrected chi connectivity index (χ1v) is 8.03. The van der Waals surface area contributed by atoms with E-state index in [-0.39, 0.29) is 11.9 Å². The molecule has 1 unspecified atom stereocenters. The summed E-state index contributed by atoms with van der Waals surface area (Å²) in [5.41, 5.74) is 3.20. The standard InChI is InChI=1S/C18H23NO2/c1-2-13-6-5-8-15-16(12-19-18(13)15)17(20)10-9-14-7-3-4-11-21-14/h5-6,8,12,14,19H,2-4,7,9-11H2,1H3. The molecule has 1 aliphatic heterocycles. The van der Waals surface area contributed by atoms with Gasteiger partial charge in [-0.3, -0.25) is 4.79 Å². The van der Waals surface area contributed by atoms with Crippen LogP contribution in [-0.4, -0.2) is 23.5 Å². The lowest BCUT2D eigenvalue weighted by molar-refractivity contribution is 0.0104. The van der Waals surface area contributed by atoms with Gasteiger partial charge in [0, 0.05) is 35.7 Å². The predicted molar refractivity (Wildman–Crippen MR) is 84.8 cm³/mol. The first-order valence-electron chi connectivity index (χ1n) is 8.03. The maximum atomic E-state index is 12.5. The van der Waals surface area contributed by atoms with Gasteiger partial charge in [0.25, 0.3) is 0 Å². The number of benzene rings is 1. The molecule has 1 aromatic carbocycles. The minimum Gasteiger partial charge on any atom is -0.378 e. The van der Waals surface area contributed by atoms with Crippen LogP contribution in [0.2, 0.25) is 0 Å². The van der Waals surface area contributed by atoms with Crippen LogP contribution in [0, 0.1) is 0 Å². The molecule has 112 valence electrons. The number of aryl methyl sites for hydroxylation is 1. The Morgan fingerprint density at radius 2 is 2.29 bits per heavy atom. The summed E-state index contributed by atoms with van der Waals surface area (Å²) in [5, 5.41) is 1.06. The van der Waals surface area contributed by atoms with Crippen molar-refractivity contribution in [3.63, 3.8) is 0 Å². The summed E-state index contributed by atoms with van der Waals surface area (Å²) < 4.78 is 5.71. The molecule has 0 aliphatic carbocycles. The van der Waals surface area contributed by atoms with Crippen LogP contribution >= 0.6 is 0 Å². The van der Waals surface area contributed by atoms with Crippen LogP contribution in [0.25, 0.3) is 10.9 Å². The van der Waals surface area contributed by atoms with Gasteiger partial charge in [-0.25, -0.2) is 0 Å². The van der Waals surface area contributed by atoms with E-state index in [1.807, 2.05) is 18.3 Å². The van der Waals surface area contributed by atoms with E-state index in [2.05, 4.69) is 18.0 Å². The lowest BCUT2D eigenvalue weighted by atomic mass is 9.99. The number of aromatic nitrogens is 1. The Labute approximate surface area is 125 Å². The van der Waals surface area contributed by atoms with E-state index < -0.39 is 0 Å². The molecule has 0 spiro atoms. The van der Waals surface area contributed by atoms with E-state index in [1.165, 1.54) is 12.0 Å². The molecule has 1 atom stereocenters. The average molecular weight is 285 g/mol. The van der Waals surface area contributed by atoms with Crippen LogP contribution in [0.5, 0.6) is 0 Å². The predicted octanol–water partition coefficient (Wildman–Crippen LogP) is 4.26. The molecular weight excluding hydrogens is 262 g/mol. The number of carbonyl (C=O) groups is 1. The molecule has 21 heavy (non-hydrogen) atoms. The van der Waals surface area contributed by atoms with Crippen molar-refractivity contribution in [1.29, 1.82) is 0 Å². The number of ether oxygens (including phenoxy) is 1. The zero-order chi connectivity index (χ0) is 14.7. The summed E-state index contributed by atoms with van der Waals surface area (Å²) in [6.45, 7) is 2.99. The Morgan fingerprint density at radius 3 is 3.05 bits per heavy atom. The second-order valence-electron chi connectivity index (χ2n) is 5.85. The fraction of sp³-hybridized carbons (Fsp3) is 0.500.